The standard InChI is InChI=1S/C14H18F4O3S/c1-6(2)9-8(5)13(22(19,20)21)11(14(16,17)18)10(7(3)4)12(9)15/h6-7H,1-5H3,(H,19,20,21). The van der Waals surface area contributed by atoms with Crippen LogP contribution in [0.25, 0.3) is 0 Å². The molecule has 3 nitrogen and oxygen atoms in total. The molecule has 0 fully saturated rings. The lowest BCUT2D eigenvalue weighted by Gasteiger charge is -2.25. The van der Waals surface area contributed by atoms with Crippen LogP contribution in [0.4, 0.5) is 17.6 Å². The predicted molar refractivity (Wildman–Crippen MR) is 74.1 cm³/mol. The van der Waals surface area contributed by atoms with E-state index in [9.17, 15) is 30.5 Å². The topological polar surface area (TPSA) is 54.4 Å². The quantitative estimate of drug-likeness (QED) is 0.643. The molecule has 1 aromatic carbocycles. The molecule has 0 unspecified atom stereocenters. The Morgan fingerprint density at radius 2 is 1.41 bits per heavy atom. The third-order valence-electron chi connectivity index (χ3n) is 3.41. The molecular weight excluding hydrogens is 324 g/mol. The van der Waals surface area contributed by atoms with E-state index in [1.807, 2.05) is 0 Å². The van der Waals surface area contributed by atoms with Gasteiger partial charge in [-0.1, -0.05) is 27.7 Å². The Kier molecular flexibility index (Phi) is 4.99. The molecule has 0 bridgehead atoms. The van der Waals surface area contributed by atoms with Gasteiger partial charge in [0.1, 0.15) is 10.7 Å². The van der Waals surface area contributed by atoms with Crippen molar-refractivity contribution in [2.45, 2.75) is 57.5 Å². The van der Waals surface area contributed by atoms with Crippen molar-refractivity contribution in [1.29, 1.82) is 0 Å². The van der Waals surface area contributed by atoms with Gasteiger partial charge >= 0.3 is 6.18 Å². The summed E-state index contributed by atoms with van der Waals surface area (Å²) < 4.78 is 87.0. The first-order chi connectivity index (χ1) is 9.71. The fraction of sp³-hybridized carbons (Fsp3) is 0.571. The Morgan fingerprint density at radius 3 is 1.68 bits per heavy atom. The Balaban J connectivity index is 4.22. The summed E-state index contributed by atoms with van der Waals surface area (Å²) in [7, 11) is -5.16. The van der Waals surface area contributed by atoms with Crippen molar-refractivity contribution in [2.24, 2.45) is 0 Å². The van der Waals surface area contributed by atoms with Gasteiger partial charge in [0.25, 0.3) is 10.1 Å². The van der Waals surface area contributed by atoms with Crippen LogP contribution in [0, 0.1) is 12.7 Å². The van der Waals surface area contributed by atoms with Crippen LogP contribution in [0.1, 0.15) is 61.8 Å². The molecular formula is C14H18F4O3S. The van der Waals surface area contributed by atoms with Crippen molar-refractivity contribution in [3.63, 3.8) is 0 Å². The van der Waals surface area contributed by atoms with E-state index in [1.54, 1.807) is 0 Å². The average molecular weight is 342 g/mol. The molecule has 1 rings (SSSR count). The maximum Gasteiger partial charge on any atom is 0.418 e. The van der Waals surface area contributed by atoms with E-state index in [0.29, 0.717) is 0 Å². The van der Waals surface area contributed by atoms with Crippen molar-refractivity contribution in [3.05, 3.63) is 28.1 Å². The molecule has 0 aliphatic rings. The lowest BCUT2D eigenvalue weighted by atomic mass is 9.87. The van der Waals surface area contributed by atoms with E-state index in [2.05, 4.69) is 0 Å². The summed E-state index contributed by atoms with van der Waals surface area (Å²) in [5.41, 5.74) is -2.91. The largest absolute Gasteiger partial charge is 0.418 e. The van der Waals surface area contributed by atoms with Crippen LogP contribution in [0.2, 0.25) is 0 Å². The molecule has 0 atom stereocenters. The van der Waals surface area contributed by atoms with E-state index < -0.39 is 55.5 Å². The van der Waals surface area contributed by atoms with Crippen LogP contribution in [-0.2, 0) is 16.3 Å². The third kappa shape index (κ3) is 3.27. The highest BCUT2D eigenvalue weighted by molar-refractivity contribution is 7.86. The Morgan fingerprint density at radius 1 is 1.00 bits per heavy atom. The van der Waals surface area contributed by atoms with Crippen LogP contribution < -0.4 is 0 Å². The van der Waals surface area contributed by atoms with Crippen molar-refractivity contribution in [1.82, 2.24) is 0 Å². The van der Waals surface area contributed by atoms with Crippen LogP contribution in [0.15, 0.2) is 4.90 Å². The highest BCUT2D eigenvalue weighted by Crippen LogP contribution is 2.44. The second-order valence-corrected chi connectivity index (χ2v) is 7.11. The van der Waals surface area contributed by atoms with Crippen molar-refractivity contribution < 1.29 is 30.5 Å². The highest BCUT2D eigenvalue weighted by Gasteiger charge is 2.43. The number of benzene rings is 1. The number of rotatable bonds is 3. The van der Waals surface area contributed by atoms with Crippen molar-refractivity contribution in [3.8, 4) is 0 Å². The molecule has 1 aromatic rings. The molecule has 0 saturated heterocycles. The fourth-order valence-electron chi connectivity index (χ4n) is 2.68. The summed E-state index contributed by atoms with van der Waals surface area (Å²) in [6.45, 7) is 6.82. The van der Waals surface area contributed by atoms with Gasteiger partial charge in [0, 0.05) is 5.56 Å². The van der Waals surface area contributed by atoms with Crippen LogP contribution in [0.5, 0.6) is 0 Å². The normalized spacial score (nSPS) is 13.3. The minimum atomic E-state index is -5.16. The van der Waals surface area contributed by atoms with Crippen molar-refractivity contribution >= 4 is 10.1 Å². The zero-order chi connectivity index (χ0) is 17.6. The van der Waals surface area contributed by atoms with Crippen LogP contribution >= 0.6 is 0 Å². The van der Waals surface area contributed by atoms with Gasteiger partial charge in [-0.25, -0.2) is 4.39 Å². The first-order valence-electron chi connectivity index (χ1n) is 6.61. The van der Waals surface area contributed by atoms with Gasteiger partial charge in [-0.05, 0) is 29.9 Å². The number of hydrogen-bond acceptors (Lipinski definition) is 2. The molecule has 22 heavy (non-hydrogen) atoms. The Bertz CT molecular complexity index is 689. The second kappa shape index (κ2) is 5.81. The monoisotopic (exact) mass is 342 g/mol. The van der Waals surface area contributed by atoms with Gasteiger partial charge in [-0.15, -0.1) is 0 Å². The molecule has 0 saturated carbocycles. The van der Waals surface area contributed by atoms with E-state index >= 15 is 0 Å². The van der Waals surface area contributed by atoms with Gasteiger partial charge < -0.3 is 0 Å². The first-order valence-corrected chi connectivity index (χ1v) is 8.05. The molecule has 0 aliphatic heterocycles. The molecule has 126 valence electrons. The molecule has 1 N–H and O–H groups in total. The zero-order valence-corrected chi connectivity index (χ0v) is 13.7. The van der Waals surface area contributed by atoms with Crippen LogP contribution in [-0.4, -0.2) is 13.0 Å². The second-order valence-electron chi connectivity index (χ2n) is 5.75. The minimum Gasteiger partial charge on any atom is -0.282 e. The number of halogens is 4. The predicted octanol–water partition coefficient (Wildman–Crippen LogP) is 4.65. The molecule has 0 aliphatic carbocycles. The average Bonchev–Trinajstić information content (AvgIpc) is 2.23. The first kappa shape index (κ1) is 18.9. The maximum atomic E-state index is 14.6. The van der Waals surface area contributed by atoms with Crippen molar-refractivity contribution in [2.75, 3.05) is 0 Å². The summed E-state index contributed by atoms with van der Waals surface area (Å²) in [5.74, 6) is -2.52. The summed E-state index contributed by atoms with van der Waals surface area (Å²) in [4.78, 5) is -1.26. The molecule has 0 radical (unpaired) electrons. The summed E-state index contributed by atoms with van der Waals surface area (Å²) >= 11 is 0. The molecule has 0 aromatic heterocycles. The van der Waals surface area contributed by atoms with E-state index in [4.69, 9.17) is 0 Å². The molecule has 8 heteroatoms. The minimum absolute atomic E-state index is 0.135. The lowest BCUT2D eigenvalue weighted by molar-refractivity contribution is -0.141. The SMILES string of the molecule is Cc1c(C(C)C)c(F)c(C(C)C)c(C(F)(F)F)c1S(=O)(=O)O. The highest BCUT2D eigenvalue weighted by atomic mass is 32.2. The van der Waals surface area contributed by atoms with Gasteiger partial charge in [0.15, 0.2) is 0 Å². The van der Waals surface area contributed by atoms with E-state index in [0.717, 1.165) is 6.92 Å². The van der Waals surface area contributed by atoms with E-state index in [-0.39, 0.29) is 5.56 Å². The lowest BCUT2D eigenvalue weighted by Crippen LogP contribution is -2.22. The van der Waals surface area contributed by atoms with Gasteiger partial charge in [-0.3, -0.25) is 4.55 Å². The fourth-order valence-corrected chi connectivity index (χ4v) is 3.66. The molecule has 0 heterocycles. The molecule has 0 amide bonds. The summed E-state index contributed by atoms with van der Waals surface area (Å²) in [6.07, 6.45) is -5.11. The number of alkyl halides is 3. The summed E-state index contributed by atoms with van der Waals surface area (Å²) in [6, 6.07) is 0. The van der Waals surface area contributed by atoms with Gasteiger partial charge in [-0.2, -0.15) is 21.6 Å². The maximum absolute atomic E-state index is 14.6. The summed E-state index contributed by atoms with van der Waals surface area (Å²) in [5, 5.41) is 0. The Hall–Kier alpha value is -1.15. The molecule has 0 spiro atoms. The van der Waals surface area contributed by atoms with Gasteiger partial charge in [0.05, 0.1) is 5.56 Å². The number of hydrogen-bond donors (Lipinski definition) is 1. The zero-order valence-electron chi connectivity index (χ0n) is 12.8. The smallest absolute Gasteiger partial charge is 0.282 e. The van der Waals surface area contributed by atoms with Gasteiger partial charge in [0.2, 0.25) is 0 Å². The Labute approximate surface area is 127 Å². The van der Waals surface area contributed by atoms with Crippen LogP contribution in [0.3, 0.4) is 0 Å². The van der Waals surface area contributed by atoms with E-state index in [1.165, 1.54) is 27.7 Å². The third-order valence-corrected chi connectivity index (χ3v) is 4.44.